The zero-order chi connectivity index (χ0) is 17.3. The van der Waals surface area contributed by atoms with Crippen molar-refractivity contribution < 1.29 is 14.3 Å². The van der Waals surface area contributed by atoms with Crippen molar-refractivity contribution in [2.75, 3.05) is 17.7 Å². The minimum absolute atomic E-state index is 0.0132. The standard InChI is InChI=1S/C19H20N2O3/c1-19(2)11-17(22)21-15-10-12(8-9-14(15)19)20-18(23)13-6-4-5-7-16(13)24-3/h4-10H,11H2,1-3H3,(H,20,23)(H,21,22). The van der Waals surface area contributed by atoms with Crippen LogP contribution in [0, 0.1) is 0 Å². The number of para-hydroxylation sites is 1. The van der Waals surface area contributed by atoms with Crippen LogP contribution >= 0.6 is 0 Å². The fraction of sp³-hybridized carbons (Fsp3) is 0.263. The van der Waals surface area contributed by atoms with Crippen molar-refractivity contribution in [3.05, 3.63) is 53.6 Å². The molecule has 2 N–H and O–H groups in total. The summed E-state index contributed by atoms with van der Waals surface area (Å²) in [6.07, 6.45) is 0.451. The minimum Gasteiger partial charge on any atom is -0.496 e. The van der Waals surface area contributed by atoms with Gasteiger partial charge in [-0.3, -0.25) is 9.59 Å². The quantitative estimate of drug-likeness (QED) is 0.907. The molecule has 1 aliphatic rings. The summed E-state index contributed by atoms with van der Waals surface area (Å²) in [5, 5.41) is 5.73. The van der Waals surface area contributed by atoms with E-state index in [1.165, 1.54) is 7.11 Å². The molecule has 3 rings (SSSR count). The van der Waals surface area contributed by atoms with Crippen LogP contribution in [-0.4, -0.2) is 18.9 Å². The number of nitrogens with one attached hydrogen (secondary N) is 2. The van der Waals surface area contributed by atoms with Gasteiger partial charge in [0.25, 0.3) is 5.91 Å². The molecule has 0 saturated heterocycles. The van der Waals surface area contributed by atoms with E-state index in [1.54, 1.807) is 24.3 Å². The van der Waals surface area contributed by atoms with Crippen LogP contribution in [0.3, 0.4) is 0 Å². The number of carbonyl (C=O) groups is 2. The fourth-order valence-electron chi connectivity index (χ4n) is 3.04. The van der Waals surface area contributed by atoms with E-state index in [4.69, 9.17) is 4.74 Å². The first-order valence-corrected chi connectivity index (χ1v) is 7.79. The average molecular weight is 324 g/mol. The smallest absolute Gasteiger partial charge is 0.259 e. The monoisotopic (exact) mass is 324 g/mol. The van der Waals surface area contributed by atoms with Crippen LogP contribution in [0.4, 0.5) is 11.4 Å². The van der Waals surface area contributed by atoms with Crippen molar-refractivity contribution >= 4 is 23.2 Å². The van der Waals surface area contributed by atoms with Gasteiger partial charge in [-0.05, 0) is 29.8 Å². The maximum atomic E-state index is 12.5. The van der Waals surface area contributed by atoms with Gasteiger partial charge >= 0.3 is 0 Å². The highest BCUT2D eigenvalue weighted by atomic mass is 16.5. The van der Waals surface area contributed by atoms with Crippen molar-refractivity contribution in [3.63, 3.8) is 0 Å². The molecule has 5 heteroatoms. The van der Waals surface area contributed by atoms with Gasteiger partial charge in [0.05, 0.1) is 12.7 Å². The Bertz CT molecular complexity index is 812. The number of fused-ring (bicyclic) bond motifs is 1. The molecule has 0 fully saturated rings. The van der Waals surface area contributed by atoms with E-state index in [-0.39, 0.29) is 17.2 Å². The van der Waals surface area contributed by atoms with Gasteiger partial charge in [-0.15, -0.1) is 0 Å². The third-order valence-electron chi connectivity index (χ3n) is 4.23. The largest absolute Gasteiger partial charge is 0.496 e. The molecule has 0 bridgehead atoms. The lowest BCUT2D eigenvalue weighted by Crippen LogP contribution is -2.32. The Morgan fingerprint density at radius 3 is 2.71 bits per heavy atom. The van der Waals surface area contributed by atoms with E-state index in [9.17, 15) is 9.59 Å². The normalized spacial score (nSPS) is 15.2. The van der Waals surface area contributed by atoms with Crippen LogP contribution < -0.4 is 15.4 Å². The summed E-state index contributed by atoms with van der Waals surface area (Å²) in [5.41, 5.74) is 2.68. The van der Waals surface area contributed by atoms with Gasteiger partial charge in [-0.1, -0.05) is 32.0 Å². The molecule has 24 heavy (non-hydrogen) atoms. The van der Waals surface area contributed by atoms with Gasteiger partial charge < -0.3 is 15.4 Å². The van der Waals surface area contributed by atoms with Crippen molar-refractivity contribution in [2.45, 2.75) is 25.7 Å². The Morgan fingerprint density at radius 1 is 1.21 bits per heavy atom. The number of carbonyl (C=O) groups excluding carboxylic acids is 2. The van der Waals surface area contributed by atoms with E-state index in [2.05, 4.69) is 10.6 Å². The summed E-state index contributed by atoms with van der Waals surface area (Å²) < 4.78 is 5.22. The van der Waals surface area contributed by atoms with E-state index >= 15 is 0 Å². The Kier molecular flexibility index (Phi) is 4.01. The lowest BCUT2D eigenvalue weighted by atomic mass is 9.78. The molecule has 0 unspecified atom stereocenters. The van der Waals surface area contributed by atoms with E-state index in [0.717, 1.165) is 11.3 Å². The summed E-state index contributed by atoms with van der Waals surface area (Å²) in [4.78, 5) is 24.3. The van der Waals surface area contributed by atoms with Crippen LogP contribution in [-0.2, 0) is 10.2 Å². The highest BCUT2D eigenvalue weighted by Gasteiger charge is 2.31. The number of hydrogen-bond acceptors (Lipinski definition) is 3. The number of methoxy groups -OCH3 is 1. The van der Waals surface area contributed by atoms with Gasteiger partial charge in [0, 0.05) is 23.2 Å². The minimum atomic E-state index is -0.256. The lowest BCUT2D eigenvalue weighted by Gasteiger charge is -2.32. The maximum Gasteiger partial charge on any atom is 0.259 e. The molecule has 0 radical (unpaired) electrons. The van der Waals surface area contributed by atoms with Crippen LogP contribution in [0.15, 0.2) is 42.5 Å². The molecule has 0 aromatic heterocycles. The topological polar surface area (TPSA) is 67.4 Å². The van der Waals surface area contributed by atoms with Crippen molar-refractivity contribution in [1.82, 2.24) is 0 Å². The second-order valence-electron chi connectivity index (χ2n) is 6.52. The predicted molar refractivity (Wildman–Crippen MR) is 93.7 cm³/mol. The van der Waals surface area contributed by atoms with E-state index in [0.29, 0.717) is 23.4 Å². The highest BCUT2D eigenvalue weighted by Crippen LogP contribution is 2.38. The van der Waals surface area contributed by atoms with Gasteiger partial charge in [-0.2, -0.15) is 0 Å². The molecule has 1 heterocycles. The molecule has 0 saturated carbocycles. The second-order valence-corrected chi connectivity index (χ2v) is 6.52. The first-order chi connectivity index (χ1) is 11.4. The molecule has 2 aromatic rings. The first-order valence-electron chi connectivity index (χ1n) is 7.79. The third-order valence-corrected chi connectivity index (χ3v) is 4.23. The summed E-state index contributed by atoms with van der Waals surface area (Å²) in [6, 6.07) is 12.6. The summed E-state index contributed by atoms with van der Waals surface area (Å²) >= 11 is 0. The van der Waals surface area contributed by atoms with Crippen molar-refractivity contribution in [3.8, 4) is 5.75 Å². The Hall–Kier alpha value is -2.82. The molecular weight excluding hydrogens is 304 g/mol. The van der Waals surface area contributed by atoms with Gasteiger partial charge in [0.15, 0.2) is 0 Å². The molecule has 0 spiro atoms. The highest BCUT2D eigenvalue weighted by molar-refractivity contribution is 6.06. The summed E-state index contributed by atoms with van der Waals surface area (Å²) in [6.45, 7) is 4.08. The molecule has 0 atom stereocenters. The second kappa shape index (κ2) is 6.00. The van der Waals surface area contributed by atoms with Crippen LogP contribution in [0.2, 0.25) is 0 Å². The van der Waals surface area contributed by atoms with Gasteiger partial charge in [0.2, 0.25) is 5.91 Å². The Morgan fingerprint density at radius 2 is 1.96 bits per heavy atom. The molecule has 2 aromatic carbocycles. The number of amides is 2. The third kappa shape index (κ3) is 2.97. The van der Waals surface area contributed by atoms with Crippen molar-refractivity contribution in [1.29, 1.82) is 0 Å². The Balaban J connectivity index is 1.88. The van der Waals surface area contributed by atoms with Crippen molar-refractivity contribution in [2.24, 2.45) is 0 Å². The molecule has 0 aliphatic carbocycles. The molecule has 5 nitrogen and oxygen atoms in total. The number of benzene rings is 2. The predicted octanol–water partition coefficient (Wildman–Crippen LogP) is 3.57. The van der Waals surface area contributed by atoms with Crippen LogP contribution in [0.25, 0.3) is 0 Å². The fourth-order valence-corrected chi connectivity index (χ4v) is 3.04. The zero-order valence-corrected chi connectivity index (χ0v) is 14.0. The summed E-state index contributed by atoms with van der Waals surface area (Å²) in [7, 11) is 1.53. The maximum absolute atomic E-state index is 12.5. The number of rotatable bonds is 3. The van der Waals surface area contributed by atoms with Crippen LogP contribution in [0.1, 0.15) is 36.2 Å². The average Bonchev–Trinajstić information content (AvgIpc) is 2.53. The lowest BCUT2D eigenvalue weighted by molar-refractivity contribution is -0.117. The number of ether oxygens (including phenoxy) is 1. The van der Waals surface area contributed by atoms with E-state index < -0.39 is 0 Å². The number of anilines is 2. The Labute approximate surface area is 141 Å². The molecule has 124 valence electrons. The number of hydrogen-bond donors (Lipinski definition) is 2. The van der Waals surface area contributed by atoms with E-state index in [1.807, 2.05) is 32.0 Å². The SMILES string of the molecule is COc1ccccc1C(=O)Nc1ccc2c(c1)NC(=O)CC2(C)C. The summed E-state index contributed by atoms with van der Waals surface area (Å²) in [5.74, 6) is 0.247. The zero-order valence-electron chi connectivity index (χ0n) is 14.0. The first kappa shape index (κ1) is 16.1. The molecule has 2 amide bonds. The van der Waals surface area contributed by atoms with Gasteiger partial charge in [0.1, 0.15) is 5.75 Å². The molecular formula is C19H20N2O3. The van der Waals surface area contributed by atoms with Gasteiger partial charge in [-0.25, -0.2) is 0 Å². The van der Waals surface area contributed by atoms with Crippen LogP contribution in [0.5, 0.6) is 5.75 Å². The molecule has 1 aliphatic heterocycles.